The number of aromatic nitrogens is 2. The molecule has 0 aliphatic carbocycles. The lowest BCUT2D eigenvalue weighted by molar-refractivity contribution is -0.0509. The molecule has 0 saturated carbocycles. The monoisotopic (exact) mass is 223 g/mol. The predicted molar refractivity (Wildman–Crippen MR) is 63.4 cm³/mol. The van der Waals surface area contributed by atoms with E-state index in [0.717, 1.165) is 31.7 Å². The summed E-state index contributed by atoms with van der Waals surface area (Å²) in [5, 5.41) is 7.83. The molecule has 1 aliphatic heterocycles. The molecule has 1 saturated heterocycles. The van der Waals surface area contributed by atoms with Gasteiger partial charge in [0.15, 0.2) is 0 Å². The fourth-order valence-corrected chi connectivity index (χ4v) is 2.05. The Morgan fingerprint density at radius 2 is 2.31 bits per heavy atom. The molecule has 0 unspecified atom stereocenters. The first kappa shape index (κ1) is 11.6. The van der Waals surface area contributed by atoms with Gasteiger partial charge in [0, 0.05) is 39.4 Å². The molecule has 1 aromatic heterocycles. The van der Waals surface area contributed by atoms with Crippen LogP contribution in [0, 0.1) is 5.92 Å². The second kappa shape index (κ2) is 4.55. The maximum Gasteiger partial charge on any atom is 0.0981 e. The Bertz CT molecular complexity index is 336. The molecule has 1 fully saturated rings. The van der Waals surface area contributed by atoms with Gasteiger partial charge >= 0.3 is 0 Å². The molecule has 4 nitrogen and oxygen atoms in total. The summed E-state index contributed by atoms with van der Waals surface area (Å²) in [6.07, 6.45) is 2.96. The third kappa shape index (κ3) is 2.44. The van der Waals surface area contributed by atoms with Gasteiger partial charge in [-0.05, 0) is 12.0 Å². The van der Waals surface area contributed by atoms with E-state index in [2.05, 4.69) is 36.5 Å². The standard InChI is InChI=1S/C12H21N3O/c1-10(2)7-15-5-4-11(14-15)6-12(16-3)8-13-9-12/h4-5,10,13H,6-9H2,1-3H3. The van der Waals surface area contributed by atoms with Crippen molar-refractivity contribution in [3.8, 4) is 0 Å². The van der Waals surface area contributed by atoms with Gasteiger partial charge in [-0.2, -0.15) is 5.10 Å². The fourth-order valence-electron chi connectivity index (χ4n) is 2.05. The summed E-state index contributed by atoms with van der Waals surface area (Å²) in [5.41, 5.74) is 1.11. The number of hydrogen-bond acceptors (Lipinski definition) is 3. The highest BCUT2D eigenvalue weighted by Crippen LogP contribution is 2.20. The molecule has 0 amide bonds. The average Bonchev–Trinajstić information content (AvgIpc) is 2.58. The molecule has 16 heavy (non-hydrogen) atoms. The first-order valence-electron chi connectivity index (χ1n) is 5.92. The molecule has 1 aliphatic rings. The minimum Gasteiger partial charge on any atom is -0.375 e. The first-order valence-corrected chi connectivity index (χ1v) is 5.92. The number of nitrogens with zero attached hydrogens (tertiary/aromatic N) is 2. The van der Waals surface area contributed by atoms with Crippen LogP contribution in [-0.4, -0.2) is 35.6 Å². The average molecular weight is 223 g/mol. The molecule has 4 heteroatoms. The molecule has 0 bridgehead atoms. The maximum atomic E-state index is 5.56. The van der Waals surface area contributed by atoms with Gasteiger partial charge in [-0.15, -0.1) is 0 Å². The van der Waals surface area contributed by atoms with Crippen LogP contribution < -0.4 is 5.32 Å². The third-order valence-corrected chi connectivity index (χ3v) is 3.08. The van der Waals surface area contributed by atoms with Crippen LogP contribution in [0.3, 0.4) is 0 Å². The maximum absolute atomic E-state index is 5.56. The topological polar surface area (TPSA) is 39.1 Å². The van der Waals surface area contributed by atoms with Crippen molar-refractivity contribution in [3.05, 3.63) is 18.0 Å². The van der Waals surface area contributed by atoms with E-state index in [0.29, 0.717) is 5.92 Å². The lowest BCUT2D eigenvalue weighted by Gasteiger charge is -2.40. The van der Waals surface area contributed by atoms with Crippen LogP contribution in [0.1, 0.15) is 19.5 Å². The first-order chi connectivity index (χ1) is 7.63. The highest BCUT2D eigenvalue weighted by molar-refractivity contribution is 5.09. The van der Waals surface area contributed by atoms with E-state index in [-0.39, 0.29) is 5.60 Å². The highest BCUT2D eigenvalue weighted by Gasteiger charge is 2.37. The van der Waals surface area contributed by atoms with Crippen molar-refractivity contribution in [1.82, 2.24) is 15.1 Å². The molecule has 0 spiro atoms. The highest BCUT2D eigenvalue weighted by atomic mass is 16.5. The normalized spacial score (nSPS) is 18.8. The summed E-state index contributed by atoms with van der Waals surface area (Å²) in [5.74, 6) is 0.634. The molecule has 0 aromatic carbocycles. The Morgan fingerprint density at radius 3 is 2.81 bits per heavy atom. The summed E-state index contributed by atoms with van der Waals surface area (Å²) in [7, 11) is 1.78. The Hall–Kier alpha value is -0.870. The van der Waals surface area contributed by atoms with Crippen LogP contribution in [0.2, 0.25) is 0 Å². The summed E-state index contributed by atoms with van der Waals surface area (Å²) in [6.45, 7) is 7.25. The lowest BCUT2D eigenvalue weighted by atomic mass is 9.91. The van der Waals surface area contributed by atoms with Gasteiger partial charge in [-0.1, -0.05) is 13.8 Å². The minimum atomic E-state index is -0.0169. The van der Waals surface area contributed by atoms with Crippen molar-refractivity contribution < 1.29 is 4.74 Å². The van der Waals surface area contributed by atoms with Crippen molar-refractivity contribution in [2.75, 3.05) is 20.2 Å². The van der Waals surface area contributed by atoms with Gasteiger partial charge in [0.2, 0.25) is 0 Å². The van der Waals surface area contributed by atoms with Crippen LogP contribution >= 0.6 is 0 Å². The van der Waals surface area contributed by atoms with Crippen LogP contribution in [0.4, 0.5) is 0 Å². The van der Waals surface area contributed by atoms with Gasteiger partial charge in [-0.25, -0.2) is 0 Å². The molecule has 0 radical (unpaired) electrons. The fraction of sp³-hybridized carbons (Fsp3) is 0.750. The van der Waals surface area contributed by atoms with Crippen molar-refractivity contribution in [1.29, 1.82) is 0 Å². The zero-order chi connectivity index (χ0) is 11.6. The Balaban J connectivity index is 1.97. The molecular weight excluding hydrogens is 202 g/mol. The molecule has 2 heterocycles. The molecular formula is C12H21N3O. The van der Waals surface area contributed by atoms with Crippen molar-refractivity contribution >= 4 is 0 Å². The zero-order valence-electron chi connectivity index (χ0n) is 10.4. The Kier molecular flexibility index (Phi) is 3.30. The number of nitrogens with one attached hydrogen (secondary N) is 1. The molecule has 1 N–H and O–H groups in total. The van der Waals surface area contributed by atoms with Crippen molar-refractivity contribution in [2.45, 2.75) is 32.4 Å². The van der Waals surface area contributed by atoms with Crippen LogP contribution in [0.25, 0.3) is 0 Å². The summed E-state index contributed by atoms with van der Waals surface area (Å²) < 4.78 is 7.58. The van der Waals surface area contributed by atoms with Crippen LogP contribution in [0.15, 0.2) is 12.3 Å². The van der Waals surface area contributed by atoms with Crippen LogP contribution in [-0.2, 0) is 17.7 Å². The van der Waals surface area contributed by atoms with E-state index in [9.17, 15) is 0 Å². The predicted octanol–water partition coefficient (Wildman–Crippen LogP) is 1.07. The molecule has 90 valence electrons. The van der Waals surface area contributed by atoms with Gasteiger partial charge in [0.1, 0.15) is 0 Å². The summed E-state index contributed by atoms with van der Waals surface area (Å²) in [4.78, 5) is 0. The van der Waals surface area contributed by atoms with E-state index in [1.54, 1.807) is 7.11 Å². The van der Waals surface area contributed by atoms with Gasteiger partial charge in [-0.3, -0.25) is 4.68 Å². The lowest BCUT2D eigenvalue weighted by Crippen LogP contribution is -2.61. The Labute approximate surface area is 97.0 Å². The molecule has 2 rings (SSSR count). The number of ether oxygens (including phenoxy) is 1. The van der Waals surface area contributed by atoms with E-state index in [1.165, 1.54) is 0 Å². The van der Waals surface area contributed by atoms with E-state index < -0.39 is 0 Å². The molecule has 1 aromatic rings. The Morgan fingerprint density at radius 1 is 1.56 bits per heavy atom. The van der Waals surface area contributed by atoms with E-state index in [1.807, 2.05) is 4.68 Å². The quantitative estimate of drug-likeness (QED) is 0.811. The molecule has 0 atom stereocenters. The number of hydrogen-bond donors (Lipinski definition) is 1. The second-order valence-electron chi connectivity index (χ2n) is 5.09. The largest absolute Gasteiger partial charge is 0.375 e. The van der Waals surface area contributed by atoms with Gasteiger partial charge < -0.3 is 10.1 Å². The van der Waals surface area contributed by atoms with Crippen LogP contribution in [0.5, 0.6) is 0 Å². The van der Waals surface area contributed by atoms with E-state index in [4.69, 9.17) is 4.74 Å². The summed E-state index contributed by atoms with van der Waals surface area (Å²) in [6, 6.07) is 2.10. The zero-order valence-corrected chi connectivity index (χ0v) is 10.4. The number of rotatable bonds is 5. The van der Waals surface area contributed by atoms with Gasteiger partial charge in [0.25, 0.3) is 0 Å². The summed E-state index contributed by atoms with van der Waals surface area (Å²) >= 11 is 0. The van der Waals surface area contributed by atoms with Gasteiger partial charge in [0.05, 0.1) is 11.3 Å². The SMILES string of the molecule is COC1(Cc2ccn(CC(C)C)n2)CNC1. The number of methoxy groups -OCH3 is 1. The smallest absolute Gasteiger partial charge is 0.0981 e. The minimum absolute atomic E-state index is 0.0169. The van der Waals surface area contributed by atoms with Crippen molar-refractivity contribution in [2.24, 2.45) is 5.92 Å². The second-order valence-corrected chi connectivity index (χ2v) is 5.09. The van der Waals surface area contributed by atoms with Crippen molar-refractivity contribution in [3.63, 3.8) is 0 Å². The van der Waals surface area contributed by atoms with E-state index >= 15 is 0 Å². The third-order valence-electron chi connectivity index (χ3n) is 3.08.